The number of hydrogen-bond donors (Lipinski definition) is 1. The molecule has 1 aromatic carbocycles. The first-order valence-electron chi connectivity index (χ1n) is 12.9. The summed E-state index contributed by atoms with van der Waals surface area (Å²) in [6, 6.07) is 8.40. The average Bonchev–Trinajstić information content (AvgIpc) is 3.19. The molecule has 0 radical (unpaired) electrons. The molecule has 8 heteroatoms. The molecule has 8 nitrogen and oxygen atoms in total. The Labute approximate surface area is 202 Å². The lowest BCUT2D eigenvalue weighted by Crippen LogP contribution is -2.57. The molecule has 1 saturated carbocycles. The molecule has 1 spiro atoms. The largest absolute Gasteiger partial charge is 0.497 e. The Kier molecular flexibility index (Phi) is 6.60. The highest BCUT2D eigenvalue weighted by molar-refractivity contribution is 5.86. The summed E-state index contributed by atoms with van der Waals surface area (Å²) in [6.07, 6.45) is 5.76. The molecule has 3 amide bonds. The second-order valence-electron chi connectivity index (χ2n) is 10.5. The van der Waals surface area contributed by atoms with Crippen molar-refractivity contribution in [2.24, 2.45) is 5.41 Å². The Morgan fingerprint density at radius 3 is 2.50 bits per heavy atom. The molecule has 34 heavy (non-hydrogen) atoms. The van der Waals surface area contributed by atoms with Gasteiger partial charge in [0.15, 0.2) is 0 Å². The number of likely N-dealkylation sites (tertiary alicyclic amines) is 2. The third-order valence-corrected chi connectivity index (χ3v) is 8.47. The number of aliphatic hydroxyl groups is 1. The quantitative estimate of drug-likeness (QED) is 0.735. The highest BCUT2D eigenvalue weighted by atomic mass is 16.5. The number of piperazine rings is 1. The van der Waals surface area contributed by atoms with Crippen LogP contribution in [0, 0.1) is 5.41 Å². The molecule has 5 rings (SSSR count). The van der Waals surface area contributed by atoms with Gasteiger partial charge in [0, 0.05) is 63.6 Å². The summed E-state index contributed by atoms with van der Waals surface area (Å²) in [6.45, 7) is 5.03. The van der Waals surface area contributed by atoms with Crippen molar-refractivity contribution in [3.8, 4) is 5.75 Å². The van der Waals surface area contributed by atoms with Crippen LogP contribution in [0.2, 0.25) is 0 Å². The van der Waals surface area contributed by atoms with Gasteiger partial charge in [-0.1, -0.05) is 6.07 Å². The number of benzene rings is 1. The van der Waals surface area contributed by atoms with Crippen LogP contribution in [0.1, 0.15) is 44.9 Å². The van der Waals surface area contributed by atoms with Gasteiger partial charge >= 0.3 is 6.03 Å². The van der Waals surface area contributed by atoms with Crippen LogP contribution in [0.25, 0.3) is 0 Å². The zero-order valence-electron chi connectivity index (χ0n) is 20.3. The van der Waals surface area contributed by atoms with E-state index in [0.717, 1.165) is 82.6 Å². The van der Waals surface area contributed by atoms with E-state index in [-0.39, 0.29) is 24.1 Å². The monoisotopic (exact) mass is 470 g/mol. The van der Waals surface area contributed by atoms with E-state index in [9.17, 15) is 14.7 Å². The molecule has 4 aliphatic rings. The Morgan fingerprint density at radius 2 is 1.76 bits per heavy atom. The summed E-state index contributed by atoms with van der Waals surface area (Å²) in [5, 5.41) is 9.84. The van der Waals surface area contributed by atoms with Crippen molar-refractivity contribution in [1.29, 1.82) is 0 Å². The fraction of sp³-hybridized carbons (Fsp3) is 0.692. The molecule has 3 aliphatic heterocycles. The van der Waals surface area contributed by atoms with Crippen molar-refractivity contribution in [1.82, 2.24) is 14.7 Å². The summed E-state index contributed by atoms with van der Waals surface area (Å²) < 4.78 is 5.35. The smallest absolute Gasteiger partial charge is 0.320 e. The number of hydrogen-bond acceptors (Lipinski definition) is 5. The van der Waals surface area contributed by atoms with E-state index < -0.39 is 5.41 Å². The number of ether oxygens (including phenoxy) is 1. The van der Waals surface area contributed by atoms with Crippen LogP contribution in [-0.2, 0) is 4.79 Å². The van der Waals surface area contributed by atoms with E-state index >= 15 is 0 Å². The first-order chi connectivity index (χ1) is 16.5. The molecular formula is C26H38N4O4. The van der Waals surface area contributed by atoms with Gasteiger partial charge in [-0.15, -0.1) is 0 Å². The summed E-state index contributed by atoms with van der Waals surface area (Å²) in [5.41, 5.74) is 0.710. The predicted octanol–water partition coefficient (Wildman–Crippen LogP) is 2.56. The van der Waals surface area contributed by atoms with Gasteiger partial charge < -0.3 is 29.4 Å². The number of carbonyl (C=O) groups is 2. The van der Waals surface area contributed by atoms with E-state index in [1.807, 2.05) is 28.0 Å². The van der Waals surface area contributed by atoms with Gasteiger partial charge in [-0.05, 0) is 57.1 Å². The fourth-order valence-corrected chi connectivity index (χ4v) is 6.40. The molecule has 1 aromatic rings. The highest BCUT2D eigenvalue weighted by Gasteiger charge is 2.51. The van der Waals surface area contributed by atoms with Crippen molar-refractivity contribution >= 4 is 17.6 Å². The minimum absolute atomic E-state index is 0.0800. The van der Waals surface area contributed by atoms with Gasteiger partial charge in [0.2, 0.25) is 5.91 Å². The SMILES string of the molecule is COc1cccc(N2CCN(C(=O)N3CCCC4(CCN([C@H]5CC[C@H](O)CC5)C4=O)C3)CC2)c1. The Morgan fingerprint density at radius 1 is 1.00 bits per heavy atom. The zero-order chi connectivity index (χ0) is 23.7. The third-order valence-electron chi connectivity index (χ3n) is 8.47. The van der Waals surface area contributed by atoms with Crippen molar-refractivity contribution in [3.63, 3.8) is 0 Å². The van der Waals surface area contributed by atoms with Crippen LogP contribution in [0.5, 0.6) is 5.75 Å². The number of piperidine rings is 1. The van der Waals surface area contributed by atoms with Gasteiger partial charge in [-0.3, -0.25) is 4.79 Å². The van der Waals surface area contributed by atoms with Crippen LogP contribution < -0.4 is 9.64 Å². The number of nitrogens with zero attached hydrogens (tertiary/aromatic N) is 4. The van der Waals surface area contributed by atoms with E-state index in [0.29, 0.717) is 19.6 Å². The zero-order valence-corrected chi connectivity index (χ0v) is 20.3. The number of carbonyl (C=O) groups excluding carboxylic acids is 2. The summed E-state index contributed by atoms with van der Waals surface area (Å²) >= 11 is 0. The number of methoxy groups -OCH3 is 1. The Hall–Kier alpha value is -2.48. The maximum Gasteiger partial charge on any atom is 0.320 e. The number of amides is 3. The van der Waals surface area contributed by atoms with E-state index in [1.165, 1.54) is 0 Å². The first-order valence-corrected chi connectivity index (χ1v) is 12.9. The second-order valence-corrected chi connectivity index (χ2v) is 10.5. The van der Waals surface area contributed by atoms with Crippen LogP contribution in [0.4, 0.5) is 10.5 Å². The Bertz CT molecular complexity index is 895. The van der Waals surface area contributed by atoms with Crippen molar-refractivity contribution < 1.29 is 19.4 Å². The van der Waals surface area contributed by atoms with Crippen molar-refractivity contribution in [2.45, 2.75) is 57.1 Å². The van der Waals surface area contributed by atoms with Gasteiger partial charge in [-0.2, -0.15) is 0 Å². The molecular weight excluding hydrogens is 432 g/mol. The normalized spacial score (nSPS) is 30.2. The van der Waals surface area contributed by atoms with Crippen LogP contribution >= 0.6 is 0 Å². The number of rotatable bonds is 3. The summed E-state index contributed by atoms with van der Waals surface area (Å²) in [7, 11) is 1.68. The number of aliphatic hydroxyl groups excluding tert-OH is 1. The van der Waals surface area contributed by atoms with Crippen LogP contribution in [-0.4, -0.2) is 96.8 Å². The van der Waals surface area contributed by atoms with Gasteiger partial charge in [0.1, 0.15) is 5.75 Å². The van der Waals surface area contributed by atoms with Crippen molar-refractivity contribution in [2.75, 3.05) is 57.8 Å². The van der Waals surface area contributed by atoms with Crippen molar-refractivity contribution in [3.05, 3.63) is 24.3 Å². The average molecular weight is 471 g/mol. The molecule has 186 valence electrons. The Balaban J connectivity index is 1.18. The number of anilines is 1. The first kappa shape index (κ1) is 23.3. The van der Waals surface area contributed by atoms with Gasteiger partial charge in [0.25, 0.3) is 0 Å². The molecule has 1 atom stereocenters. The lowest BCUT2D eigenvalue weighted by atomic mass is 9.78. The molecule has 3 saturated heterocycles. The minimum Gasteiger partial charge on any atom is -0.497 e. The van der Waals surface area contributed by atoms with Gasteiger partial charge in [-0.25, -0.2) is 4.79 Å². The topological polar surface area (TPSA) is 76.6 Å². The standard InChI is InChI=1S/C26H38N4O4/c1-34-23-5-2-4-21(18-23)27-14-16-28(17-15-27)25(33)29-12-3-10-26(19-29)11-13-30(24(26)32)20-6-8-22(31)9-7-20/h2,4-5,18,20,22,31H,3,6-17,19H2,1H3/t20-,22-,26?. The minimum atomic E-state index is -0.410. The van der Waals surface area contributed by atoms with Gasteiger partial charge in [0.05, 0.1) is 18.6 Å². The maximum atomic E-state index is 13.6. The molecule has 4 fully saturated rings. The molecule has 3 heterocycles. The lowest BCUT2D eigenvalue weighted by molar-refractivity contribution is -0.141. The summed E-state index contributed by atoms with van der Waals surface area (Å²) in [5.74, 6) is 1.09. The van der Waals surface area contributed by atoms with E-state index in [1.54, 1.807) is 7.11 Å². The summed E-state index contributed by atoms with van der Waals surface area (Å²) in [4.78, 5) is 35.2. The third kappa shape index (κ3) is 4.44. The van der Waals surface area contributed by atoms with Crippen LogP contribution in [0.3, 0.4) is 0 Å². The predicted molar refractivity (Wildman–Crippen MR) is 130 cm³/mol. The lowest BCUT2D eigenvalue weighted by Gasteiger charge is -2.43. The van der Waals surface area contributed by atoms with E-state index in [2.05, 4.69) is 15.9 Å². The highest BCUT2D eigenvalue weighted by Crippen LogP contribution is 2.42. The number of urea groups is 1. The maximum absolute atomic E-state index is 13.6. The molecule has 1 N–H and O–H groups in total. The van der Waals surface area contributed by atoms with Crippen LogP contribution in [0.15, 0.2) is 24.3 Å². The molecule has 1 aliphatic carbocycles. The second kappa shape index (κ2) is 9.64. The molecule has 0 aromatic heterocycles. The molecule has 1 unspecified atom stereocenters. The molecule has 0 bridgehead atoms. The fourth-order valence-electron chi connectivity index (χ4n) is 6.40. The van der Waals surface area contributed by atoms with E-state index in [4.69, 9.17) is 4.74 Å².